The number of carbonyl (C=O) groups excluding carboxylic acids is 3. The van der Waals surface area contributed by atoms with Crippen LogP contribution in [0.15, 0.2) is 36.5 Å². The van der Waals surface area contributed by atoms with Crippen LogP contribution < -0.4 is 10.9 Å². The van der Waals surface area contributed by atoms with Gasteiger partial charge in [0, 0.05) is 36.3 Å². The number of hydrogen-bond acceptors (Lipinski definition) is 12. The highest BCUT2D eigenvalue weighted by atomic mass is 16.8. The summed E-state index contributed by atoms with van der Waals surface area (Å²) in [5.41, 5.74) is 3.53. The fourth-order valence-electron chi connectivity index (χ4n) is 11.3. The number of ether oxygens (including phenoxy) is 5. The first-order valence-corrected chi connectivity index (χ1v) is 23.5. The van der Waals surface area contributed by atoms with Crippen molar-refractivity contribution in [1.29, 1.82) is 0 Å². The second kappa shape index (κ2) is 19.3. The molecule has 1 unspecified atom stereocenters. The fourth-order valence-corrected chi connectivity index (χ4v) is 11.3. The third-order valence-corrected chi connectivity index (χ3v) is 15.7. The van der Waals surface area contributed by atoms with Gasteiger partial charge in [-0.3, -0.25) is 30.2 Å². The quantitative estimate of drug-likeness (QED) is 0.116. The lowest BCUT2D eigenvalue weighted by molar-refractivity contribution is -0.409. The van der Waals surface area contributed by atoms with Crippen molar-refractivity contribution >= 4 is 17.6 Å². The number of aromatic nitrogens is 1. The van der Waals surface area contributed by atoms with Gasteiger partial charge in [-0.2, -0.15) is 0 Å². The number of aliphatic hydroxyl groups excluding tert-OH is 2. The Kier molecular flexibility index (Phi) is 15.2. The van der Waals surface area contributed by atoms with Crippen LogP contribution >= 0.6 is 0 Å². The third-order valence-electron chi connectivity index (χ3n) is 15.7. The van der Waals surface area contributed by atoms with Crippen molar-refractivity contribution in [2.45, 2.75) is 199 Å². The molecule has 0 bridgehead atoms. The number of nitrogens with zero attached hydrogens (tertiary/aromatic N) is 1. The zero-order valence-corrected chi connectivity index (χ0v) is 38.7. The molecule has 18 atom stereocenters. The molecule has 62 heavy (non-hydrogen) atoms. The highest BCUT2D eigenvalue weighted by Gasteiger charge is 2.63. The van der Waals surface area contributed by atoms with E-state index in [-0.39, 0.29) is 47.3 Å². The molecule has 6 heterocycles. The Hall–Kier alpha value is -2.82. The minimum atomic E-state index is -1.39. The first kappa shape index (κ1) is 48.6. The summed E-state index contributed by atoms with van der Waals surface area (Å²) in [5.74, 6) is -6.00. The van der Waals surface area contributed by atoms with E-state index in [0.717, 1.165) is 6.42 Å². The van der Waals surface area contributed by atoms with Gasteiger partial charge in [-0.15, -0.1) is 0 Å². The highest BCUT2D eigenvalue weighted by molar-refractivity contribution is 5.93. The van der Waals surface area contributed by atoms with Gasteiger partial charge in [0.05, 0.1) is 53.7 Å². The van der Waals surface area contributed by atoms with Crippen LogP contribution in [0.5, 0.6) is 0 Å². The highest BCUT2D eigenvalue weighted by Crippen LogP contribution is 2.54. The Morgan fingerprint density at radius 3 is 2.27 bits per heavy atom. The second-order valence-corrected chi connectivity index (χ2v) is 19.7. The average Bonchev–Trinajstić information content (AvgIpc) is 3.61. The summed E-state index contributed by atoms with van der Waals surface area (Å²) >= 11 is 0. The molecule has 2 amide bonds. The van der Waals surface area contributed by atoms with Gasteiger partial charge in [0.15, 0.2) is 5.79 Å². The van der Waals surface area contributed by atoms with E-state index in [9.17, 15) is 29.7 Å². The Bertz CT molecular complexity index is 1750. The molecular formula is C48H75N3O11. The molecule has 5 N–H and O–H groups in total. The molecule has 14 heteroatoms. The van der Waals surface area contributed by atoms with E-state index < -0.39 is 82.9 Å². The van der Waals surface area contributed by atoms with Gasteiger partial charge in [-0.25, -0.2) is 0 Å². The lowest BCUT2D eigenvalue weighted by atomic mass is 9.72. The van der Waals surface area contributed by atoms with Gasteiger partial charge >= 0.3 is 0 Å². The third kappa shape index (κ3) is 9.45. The predicted octanol–water partition coefficient (Wildman–Crippen LogP) is 5.96. The Balaban J connectivity index is 1.11. The van der Waals surface area contributed by atoms with E-state index in [1.165, 1.54) is 6.20 Å². The van der Waals surface area contributed by atoms with Gasteiger partial charge in [-0.05, 0) is 108 Å². The van der Waals surface area contributed by atoms with Crippen LogP contribution in [0, 0.1) is 41.4 Å². The van der Waals surface area contributed by atoms with Gasteiger partial charge in [-0.1, -0.05) is 61.5 Å². The van der Waals surface area contributed by atoms with Gasteiger partial charge in [0.2, 0.25) is 11.7 Å². The van der Waals surface area contributed by atoms with Crippen LogP contribution in [0.4, 0.5) is 0 Å². The summed E-state index contributed by atoms with van der Waals surface area (Å²) in [6, 6.07) is 4.95. The normalized spacial score (nSPS) is 41.0. The maximum absolute atomic E-state index is 14.6. The Morgan fingerprint density at radius 1 is 0.903 bits per heavy atom. The number of carbonyl (C=O) groups is 3. The van der Waals surface area contributed by atoms with Crippen molar-refractivity contribution in [1.82, 2.24) is 15.8 Å². The lowest BCUT2D eigenvalue weighted by Crippen LogP contribution is -2.63. The van der Waals surface area contributed by atoms with Crippen molar-refractivity contribution in [3.63, 3.8) is 0 Å². The molecule has 0 aliphatic carbocycles. The Labute approximate surface area is 368 Å². The molecule has 0 aromatic carbocycles. The zero-order valence-electron chi connectivity index (χ0n) is 38.7. The van der Waals surface area contributed by atoms with E-state index in [0.29, 0.717) is 57.8 Å². The van der Waals surface area contributed by atoms with Crippen LogP contribution in [-0.4, -0.2) is 103 Å². The van der Waals surface area contributed by atoms with Crippen LogP contribution in [0.1, 0.15) is 144 Å². The lowest BCUT2D eigenvalue weighted by Gasteiger charge is -2.54. The molecule has 1 aromatic heterocycles. The van der Waals surface area contributed by atoms with Crippen LogP contribution in [0.25, 0.3) is 0 Å². The van der Waals surface area contributed by atoms with Crippen LogP contribution in [0.2, 0.25) is 0 Å². The molecule has 6 rings (SSSR count). The maximum Gasteiger partial charge on any atom is 0.288 e. The molecule has 348 valence electrons. The molecule has 5 aliphatic heterocycles. The first-order valence-electron chi connectivity index (χ1n) is 23.5. The second-order valence-electron chi connectivity index (χ2n) is 19.7. The zero-order chi connectivity index (χ0) is 45.4. The molecule has 14 nitrogen and oxygen atoms in total. The number of rotatable bonds is 13. The minimum absolute atomic E-state index is 0.0105. The molecule has 4 saturated heterocycles. The molecule has 0 radical (unpaired) electrons. The number of Topliss-reactive ketones (excluding diaryl/α,β-unsaturated/α-hetero) is 1. The van der Waals surface area contributed by atoms with Crippen molar-refractivity contribution in [3.05, 3.63) is 42.2 Å². The summed E-state index contributed by atoms with van der Waals surface area (Å²) in [6.07, 6.45) is 6.70. The standard InChI is InChI=1S/C48H75N3O11/c1-11-33(43(55)50-51-44(56)35-16-14-15-25-49-35)36-18-17-27(4)41(59-36)31(8)39(53)30(7)40(54)34(12-2)42-28(5)26-29(6)47(60-42)22-19-37(52)48(62-47)24-23-45(10,61-48)38-20-21-46(57,13-3)32(9)58-38/h14-16,19,22,25,27-34,36-39,41-42,52-53,57H,11-13,17-18,20-21,23-24,26H2,1-10H3,(H,50,55)(H,51,56)/t27?,28-,29+,30-,31-,32-,33+,34-,36+,37+,38+,39+,41+,42-,45-,46+,47-,48-/m0/s1. The summed E-state index contributed by atoms with van der Waals surface area (Å²) in [5, 5.41) is 34.5. The SMILES string of the molecule is CC[C@@H](C(=O)[C@@H](C)[C@@H](O)[C@H](C)[C@@H]1O[C@@H]([C@@H](CC)C(=O)NNC(=O)c2ccccn2)CCC1C)[C@H]1O[C@]2(C=C[C@@H](O)[C@]3(CC[C@@](C)([C@H]4CC[C@](O)(CC)[C@H](C)O4)O3)O2)[C@H](C)C[C@@H]1C. The molecule has 2 spiro atoms. The summed E-state index contributed by atoms with van der Waals surface area (Å²) < 4.78 is 33.9. The number of aliphatic hydroxyl groups is 3. The van der Waals surface area contributed by atoms with Gasteiger partial charge < -0.3 is 39.0 Å². The number of hydrazine groups is 1. The van der Waals surface area contributed by atoms with Crippen molar-refractivity contribution < 1.29 is 53.4 Å². The first-order chi connectivity index (χ1) is 29.3. The molecule has 4 fully saturated rings. The summed E-state index contributed by atoms with van der Waals surface area (Å²) in [4.78, 5) is 44.6. The average molecular weight is 870 g/mol. The van der Waals surface area contributed by atoms with Crippen LogP contribution in [-0.2, 0) is 33.3 Å². The molecule has 0 saturated carbocycles. The van der Waals surface area contributed by atoms with Crippen molar-refractivity contribution in [2.75, 3.05) is 0 Å². The summed E-state index contributed by atoms with van der Waals surface area (Å²) in [6.45, 7) is 19.7. The fraction of sp³-hybridized carbons (Fsp3) is 0.792. The number of amides is 2. The van der Waals surface area contributed by atoms with E-state index in [1.807, 2.05) is 41.5 Å². The van der Waals surface area contributed by atoms with Gasteiger partial charge in [0.1, 0.15) is 17.6 Å². The maximum atomic E-state index is 14.6. The number of pyridine rings is 1. The van der Waals surface area contributed by atoms with Crippen molar-refractivity contribution in [3.8, 4) is 0 Å². The molecule has 5 aliphatic rings. The van der Waals surface area contributed by atoms with Gasteiger partial charge in [0.25, 0.3) is 5.91 Å². The minimum Gasteiger partial charge on any atom is -0.392 e. The molecular weight excluding hydrogens is 795 g/mol. The van der Waals surface area contributed by atoms with E-state index >= 15 is 0 Å². The largest absolute Gasteiger partial charge is 0.392 e. The van der Waals surface area contributed by atoms with E-state index in [1.54, 1.807) is 37.3 Å². The number of ketones is 1. The summed E-state index contributed by atoms with van der Waals surface area (Å²) in [7, 11) is 0. The Morgan fingerprint density at radius 2 is 1.63 bits per heavy atom. The van der Waals surface area contributed by atoms with E-state index in [4.69, 9.17) is 23.7 Å². The van der Waals surface area contributed by atoms with Crippen molar-refractivity contribution in [2.24, 2.45) is 41.4 Å². The smallest absolute Gasteiger partial charge is 0.288 e. The van der Waals surface area contributed by atoms with Crippen LogP contribution in [0.3, 0.4) is 0 Å². The monoisotopic (exact) mass is 870 g/mol. The van der Waals surface area contributed by atoms with E-state index in [2.05, 4.69) is 36.6 Å². The molecule has 1 aromatic rings. The predicted molar refractivity (Wildman–Crippen MR) is 231 cm³/mol. The number of nitrogens with one attached hydrogen (secondary N) is 2. The number of hydrogen-bond donors (Lipinski definition) is 5. The topological polar surface area (TPSA) is 195 Å².